The maximum atomic E-state index is 4.42. The summed E-state index contributed by atoms with van der Waals surface area (Å²) in [4.78, 5) is 4.42. The lowest BCUT2D eigenvalue weighted by Gasteiger charge is -2.02. The fourth-order valence-electron chi connectivity index (χ4n) is 0.818. The Morgan fingerprint density at radius 3 is 2.08 bits per heavy atom. The largest absolute Gasteiger partial charge is 0.235 e. The van der Waals surface area contributed by atoms with Crippen LogP contribution in [-0.4, -0.2) is 17.5 Å². The van der Waals surface area contributed by atoms with E-state index in [1.165, 1.54) is 5.56 Å². The minimum absolute atomic E-state index is 0.899. The number of halogens is 1. The molecule has 1 aromatic heterocycles. The third kappa shape index (κ3) is 2.68. The van der Waals surface area contributed by atoms with Gasteiger partial charge >= 0.3 is 0 Å². The van der Waals surface area contributed by atoms with Crippen molar-refractivity contribution in [2.45, 2.75) is 15.4 Å². The Kier molecular flexibility index (Phi) is 4.46. The highest BCUT2D eigenvalue weighted by Gasteiger charge is 1.99. The van der Waals surface area contributed by atoms with Crippen molar-refractivity contribution < 1.29 is 0 Å². The normalized spacial score (nSPS) is 10.2. The second-order valence-corrected chi connectivity index (χ2v) is 4.41. The van der Waals surface area contributed by atoms with Crippen molar-refractivity contribution in [3.8, 4) is 0 Å². The van der Waals surface area contributed by atoms with Crippen molar-refractivity contribution in [2.24, 2.45) is 0 Å². The minimum Gasteiger partial charge on any atom is -0.235 e. The molecule has 0 radical (unpaired) electrons. The molecule has 0 saturated heterocycles. The summed E-state index contributed by atoms with van der Waals surface area (Å²) in [5.74, 6) is 0. The predicted octanol–water partition coefficient (Wildman–Crippen LogP) is 3.42. The van der Waals surface area contributed by atoms with E-state index in [0.29, 0.717) is 0 Å². The molecule has 66 valence electrons. The third-order valence-corrected chi connectivity index (χ3v) is 3.31. The van der Waals surface area contributed by atoms with Crippen molar-refractivity contribution in [1.29, 1.82) is 0 Å². The topological polar surface area (TPSA) is 12.9 Å². The number of hydrogen-bond acceptors (Lipinski definition) is 3. The van der Waals surface area contributed by atoms with E-state index in [0.717, 1.165) is 15.4 Å². The lowest BCUT2D eigenvalue weighted by atomic mass is 10.3. The van der Waals surface area contributed by atoms with Crippen LogP contribution in [0.3, 0.4) is 0 Å². The zero-order valence-electron chi connectivity index (χ0n) is 7.00. The number of aromatic nitrogens is 1. The lowest BCUT2D eigenvalue weighted by molar-refractivity contribution is 0.993. The Hall–Kier alpha value is 0.330. The minimum atomic E-state index is 0.899. The van der Waals surface area contributed by atoms with Gasteiger partial charge in [-0.2, -0.15) is 0 Å². The van der Waals surface area contributed by atoms with Crippen molar-refractivity contribution in [3.63, 3.8) is 0 Å². The maximum Gasteiger partial charge on any atom is 0.0973 e. The number of rotatable bonds is 3. The number of hydrogen-bond donors (Lipinski definition) is 0. The molecule has 0 aromatic carbocycles. The molecule has 0 spiro atoms. The molecule has 0 atom stereocenters. The van der Waals surface area contributed by atoms with Crippen LogP contribution in [-0.2, 0) is 5.33 Å². The number of thioether (sulfide) groups is 2. The van der Waals surface area contributed by atoms with Crippen molar-refractivity contribution in [3.05, 3.63) is 17.7 Å². The molecule has 12 heavy (non-hydrogen) atoms. The average molecular weight is 264 g/mol. The first-order valence-corrected chi connectivity index (χ1v) is 7.02. The molecule has 1 heterocycles. The van der Waals surface area contributed by atoms with Crippen LogP contribution >= 0.6 is 39.5 Å². The van der Waals surface area contributed by atoms with Crippen LogP contribution in [0.15, 0.2) is 22.2 Å². The lowest BCUT2D eigenvalue weighted by Crippen LogP contribution is -1.86. The van der Waals surface area contributed by atoms with Crippen LogP contribution in [0.2, 0.25) is 0 Å². The summed E-state index contributed by atoms with van der Waals surface area (Å²) in [6, 6.07) is 4.22. The van der Waals surface area contributed by atoms with Crippen molar-refractivity contribution in [1.82, 2.24) is 4.98 Å². The molecule has 0 aliphatic heterocycles. The average Bonchev–Trinajstić information content (AvgIpc) is 2.16. The van der Waals surface area contributed by atoms with Gasteiger partial charge in [-0.3, -0.25) is 0 Å². The number of nitrogens with zero attached hydrogens (tertiary/aromatic N) is 1. The zero-order chi connectivity index (χ0) is 8.97. The molecule has 4 heteroatoms. The summed E-state index contributed by atoms with van der Waals surface area (Å²) < 4.78 is 0. The van der Waals surface area contributed by atoms with Crippen LogP contribution in [0.1, 0.15) is 5.56 Å². The Labute approximate surface area is 89.9 Å². The van der Waals surface area contributed by atoms with Crippen LogP contribution in [0.5, 0.6) is 0 Å². The molecule has 0 N–H and O–H groups in total. The SMILES string of the molecule is CSc1cc(CBr)cc(SC)n1. The first-order valence-electron chi connectivity index (χ1n) is 3.45. The Balaban J connectivity index is 3.01. The Bertz CT molecular complexity index is 210. The summed E-state index contributed by atoms with van der Waals surface area (Å²) in [6.45, 7) is 0. The van der Waals surface area contributed by atoms with E-state index >= 15 is 0 Å². The van der Waals surface area contributed by atoms with Gasteiger partial charge in [0.2, 0.25) is 0 Å². The van der Waals surface area contributed by atoms with Gasteiger partial charge in [-0.1, -0.05) is 15.9 Å². The molecule has 0 fully saturated rings. The van der Waals surface area contributed by atoms with Gasteiger partial charge in [0.05, 0.1) is 10.1 Å². The zero-order valence-corrected chi connectivity index (χ0v) is 10.2. The van der Waals surface area contributed by atoms with Crippen LogP contribution in [0.25, 0.3) is 0 Å². The van der Waals surface area contributed by atoms with Gasteiger partial charge in [-0.05, 0) is 30.2 Å². The van der Waals surface area contributed by atoms with E-state index in [4.69, 9.17) is 0 Å². The van der Waals surface area contributed by atoms with Crippen LogP contribution in [0, 0.1) is 0 Å². The highest BCUT2D eigenvalue weighted by Crippen LogP contribution is 2.21. The molecule has 0 bridgehead atoms. The monoisotopic (exact) mass is 263 g/mol. The van der Waals surface area contributed by atoms with E-state index in [2.05, 4.69) is 33.0 Å². The molecule has 0 aliphatic carbocycles. The first-order chi connectivity index (χ1) is 5.80. The standard InChI is InChI=1S/C8H10BrNS2/c1-11-7-3-6(5-9)4-8(10-7)12-2/h3-4H,5H2,1-2H3. The molecule has 0 aliphatic rings. The summed E-state index contributed by atoms with van der Waals surface area (Å²) >= 11 is 6.80. The first kappa shape index (κ1) is 10.4. The molecule has 1 aromatic rings. The van der Waals surface area contributed by atoms with E-state index < -0.39 is 0 Å². The van der Waals surface area contributed by atoms with Gasteiger partial charge in [0.15, 0.2) is 0 Å². The highest BCUT2D eigenvalue weighted by atomic mass is 79.9. The van der Waals surface area contributed by atoms with Gasteiger partial charge in [-0.15, -0.1) is 23.5 Å². The number of alkyl halides is 1. The molecule has 1 nitrogen and oxygen atoms in total. The molecule has 1 rings (SSSR count). The fraction of sp³-hybridized carbons (Fsp3) is 0.375. The molecular weight excluding hydrogens is 254 g/mol. The second kappa shape index (κ2) is 5.14. The highest BCUT2D eigenvalue weighted by molar-refractivity contribution is 9.08. The molecule has 0 unspecified atom stereocenters. The van der Waals surface area contributed by atoms with E-state index in [1.807, 2.05) is 12.5 Å². The summed E-state index contributed by atoms with van der Waals surface area (Å²) in [5, 5.41) is 3.09. The molecule has 0 saturated carbocycles. The molecular formula is C8H10BrNS2. The smallest absolute Gasteiger partial charge is 0.0973 e. The van der Waals surface area contributed by atoms with Gasteiger partial charge in [-0.25, -0.2) is 4.98 Å². The van der Waals surface area contributed by atoms with Gasteiger partial charge in [0.1, 0.15) is 0 Å². The summed E-state index contributed by atoms with van der Waals surface area (Å²) in [6.07, 6.45) is 4.09. The molecule has 0 amide bonds. The second-order valence-electron chi connectivity index (χ2n) is 2.19. The van der Waals surface area contributed by atoms with Crippen molar-refractivity contribution in [2.75, 3.05) is 12.5 Å². The maximum absolute atomic E-state index is 4.42. The summed E-state index contributed by atoms with van der Waals surface area (Å²) in [5.41, 5.74) is 1.29. The summed E-state index contributed by atoms with van der Waals surface area (Å²) in [7, 11) is 0. The van der Waals surface area contributed by atoms with E-state index in [1.54, 1.807) is 23.5 Å². The van der Waals surface area contributed by atoms with Crippen LogP contribution in [0.4, 0.5) is 0 Å². The third-order valence-electron chi connectivity index (χ3n) is 1.41. The predicted molar refractivity (Wildman–Crippen MR) is 60.4 cm³/mol. The fourth-order valence-corrected chi connectivity index (χ4v) is 2.12. The van der Waals surface area contributed by atoms with Crippen LogP contribution < -0.4 is 0 Å². The number of pyridine rings is 1. The van der Waals surface area contributed by atoms with Gasteiger partial charge in [0, 0.05) is 5.33 Å². The van der Waals surface area contributed by atoms with Gasteiger partial charge < -0.3 is 0 Å². The Morgan fingerprint density at radius 1 is 1.25 bits per heavy atom. The van der Waals surface area contributed by atoms with Gasteiger partial charge in [0.25, 0.3) is 0 Å². The van der Waals surface area contributed by atoms with E-state index in [9.17, 15) is 0 Å². The Morgan fingerprint density at radius 2 is 1.75 bits per heavy atom. The van der Waals surface area contributed by atoms with E-state index in [-0.39, 0.29) is 0 Å². The van der Waals surface area contributed by atoms with Crippen molar-refractivity contribution >= 4 is 39.5 Å². The quantitative estimate of drug-likeness (QED) is 0.613.